The molecule has 0 spiro atoms. The van der Waals surface area contributed by atoms with Crippen molar-refractivity contribution < 1.29 is 28.4 Å². The molecule has 198 valence electrons. The highest BCUT2D eigenvalue weighted by Crippen LogP contribution is 2.46. The van der Waals surface area contributed by atoms with Crippen LogP contribution in [0.15, 0.2) is 59.1 Å². The molecule has 1 N–H and O–H groups in total. The second-order valence-electron chi connectivity index (χ2n) is 9.30. The van der Waals surface area contributed by atoms with Crippen LogP contribution in [0.25, 0.3) is 22.2 Å². The van der Waals surface area contributed by atoms with E-state index in [1.54, 1.807) is 42.2 Å². The molecule has 10 nitrogen and oxygen atoms in total. The maximum Gasteiger partial charge on any atom is 0.409 e. The minimum absolute atomic E-state index is 0.126. The maximum absolute atomic E-state index is 13.8. The van der Waals surface area contributed by atoms with E-state index in [-0.39, 0.29) is 11.9 Å². The highest BCUT2D eigenvalue weighted by atomic mass is 16.6. The van der Waals surface area contributed by atoms with Gasteiger partial charge in [-0.05, 0) is 37.3 Å². The second-order valence-corrected chi connectivity index (χ2v) is 9.30. The number of benzene rings is 3. The highest BCUT2D eigenvalue weighted by molar-refractivity contribution is 6.28. The Hall–Kier alpha value is -4.86. The summed E-state index contributed by atoms with van der Waals surface area (Å²) in [6.07, 6.45) is -0.323. The first-order valence-electron chi connectivity index (χ1n) is 12.7. The number of fused-ring (bicyclic) bond motifs is 2. The van der Waals surface area contributed by atoms with Crippen LogP contribution >= 0.6 is 0 Å². The first-order chi connectivity index (χ1) is 19.0. The van der Waals surface area contributed by atoms with E-state index in [1.165, 1.54) is 7.11 Å². The Balaban J connectivity index is 1.44. The molecule has 10 heteroatoms. The summed E-state index contributed by atoms with van der Waals surface area (Å²) in [5, 5.41) is 8.45. The molecule has 2 aliphatic rings. The number of anilines is 3. The molecule has 0 bridgehead atoms. The lowest BCUT2D eigenvalue weighted by Crippen LogP contribution is -2.49. The van der Waals surface area contributed by atoms with Gasteiger partial charge in [-0.1, -0.05) is 29.4 Å². The fraction of sp³-hybridized carbons (Fsp3) is 0.241. The second kappa shape index (κ2) is 9.79. The van der Waals surface area contributed by atoms with Crippen LogP contribution in [0.4, 0.5) is 21.9 Å². The zero-order valence-corrected chi connectivity index (χ0v) is 21.5. The number of ketones is 1. The average molecular weight is 527 g/mol. The third-order valence-electron chi connectivity index (χ3n) is 7.11. The standard InChI is InChI=1S/C29H26N4O6/c1-3-38-29(36)33-14-12-32(13-15-33)22-16-21(30-18-10-8-17(9-11-18)28(35)37-2)23-24-25(22)31-39-27(24)20-7-5-4-6-19(20)26(23)34/h4-11,16,30H,3,12-15H2,1-2H3. The SMILES string of the molecule is CCOC(=O)N1CCN(c2cc(Nc3ccc(C(=O)OC)cc3)c3c4c(onc24)-c2ccccc2C3=O)CC1. The number of methoxy groups -OCH3 is 1. The lowest BCUT2D eigenvalue weighted by Gasteiger charge is -2.36. The van der Waals surface area contributed by atoms with Crippen LogP contribution in [-0.2, 0) is 9.47 Å². The van der Waals surface area contributed by atoms with E-state index in [9.17, 15) is 14.4 Å². The maximum atomic E-state index is 13.8. The van der Waals surface area contributed by atoms with Gasteiger partial charge in [0.2, 0.25) is 0 Å². The molecule has 39 heavy (non-hydrogen) atoms. The molecule has 1 aromatic heterocycles. The topological polar surface area (TPSA) is 114 Å². The summed E-state index contributed by atoms with van der Waals surface area (Å²) in [6.45, 7) is 4.22. The molecule has 0 atom stereocenters. The van der Waals surface area contributed by atoms with Gasteiger partial charge in [-0.3, -0.25) is 4.79 Å². The van der Waals surface area contributed by atoms with Gasteiger partial charge >= 0.3 is 12.1 Å². The Morgan fingerprint density at radius 3 is 2.44 bits per heavy atom. The zero-order chi connectivity index (χ0) is 27.1. The summed E-state index contributed by atoms with van der Waals surface area (Å²) in [5.41, 5.74) is 4.84. The van der Waals surface area contributed by atoms with Gasteiger partial charge in [0, 0.05) is 43.0 Å². The Morgan fingerprint density at radius 1 is 1.03 bits per heavy atom. The first-order valence-corrected chi connectivity index (χ1v) is 12.7. The fourth-order valence-electron chi connectivity index (χ4n) is 5.19. The normalized spacial score (nSPS) is 14.3. The summed E-state index contributed by atoms with van der Waals surface area (Å²) in [7, 11) is 1.34. The molecule has 1 saturated heterocycles. The summed E-state index contributed by atoms with van der Waals surface area (Å²) in [5.74, 6) is -0.00633. The van der Waals surface area contributed by atoms with E-state index >= 15 is 0 Å². The van der Waals surface area contributed by atoms with Crippen molar-refractivity contribution in [1.29, 1.82) is 0 Å². The molecule has 4 aromatic rings. The van der Waals surface area contributed by atoms with Gasteiger partial charge in [0.1, 0.15) is 5.52 Å². The van der Waals surface area contributed by atoms with Crippen molar-refractivity contribution in [3.63, 3.8) is 0 Å². The number of nitrogens with one attached hydrogen (secondary N) is 1. The van der Waals surface area contributed by atoms with Gasteiger partial charge < -0.3 is 29.1 Å². The number of ether oxygens (including phenoxy) is 2. The van der Waals surface area contributed by atoms with Crippen molar-refractivity contribution in [3.05, 3.63) is 71.3 Å². The number of hydrogen-bond donors (Lipinski definition) is 1. The number of carbonyl (C=O) groups excluding carboxylic acids is 3. The molecular formula is C29H26N4O6. The van der Waals surface area contributed by atoms with E-state index in [0.717, 1.165) is 5.69 Å². The van der Waals surface area contributed by atoms with E-state index in [0.29, 0.717) is 83.1 Å². The smallest absolute Gasteiger partial charge is 0.409 e. The molecule has 0 unspecified atom stereocenters. The molecule has 1 fully saturated rings. The van der Waals surface area contributed by atoms with E-state index in [1.807, 2.05) is 24.3 Å². The molecule has 6 rings (SSSR count). The quantitative estimate of drug-likeness (QED) is 0.321. The molecule has 1 amide bonds. The monoisotopic (exact) mass is 526 g/mol. The Bertz CT molecular complexity index is 1600. The van der Waals surface area contributed by atoms with Crippen molar-refractivity contribution in [2.75, 3.05) is 50.1 Å². The molecule has 2 heterocycles. The van der Waals surface area contributed by atoms with Gasteiger partial charge in [0.05, 0.1) is 41.6 Å². The number of nitrogens with zero attached hydrogens (tertiary/aromatic N) is 3. The van der Waals surface area contributed by atoms with Gasteiger partial charge in [-0.15, -0.1) is 0 Å². The molecule has 0 radical (unpaired) electrons. The van der Waals surface area contributed by atoms with E-state index in [4.69, 9.17) is 14.0 Å². The average Bonchev–Trinajstić information content (AvgIpc) is 3.42. The van der Waals surface area contributed by atoms with Crippen LogP contribution in [0, 0.1) is 0 Å². The van der Waals surface area contributed by atoms with Crippen molar-refractivity contribution in [2.45, 2.75) is 6.92 Å². The number of aromatic nitrogens is 1. The van der Waals surface area contributed by atoms with Crippen molar-refractivity contribution in [2.24, 2.45) is 0 Å². The van der Waals surface area contributed by atoms with Gasteiger partial charge in [0.15, 0.2) is 11.5 Å². The molecular weight excluding hydrogens is 500 g/mol. The first kappa shape index (κ1) is 24.5. The summed E-state index contributed by atoms with van der Waals surface area (Å²) < 4.78 is 15.8. The van der Waals surface area contributed by atoms with Crippen LogP contribution in [0.3, 0.4) is 0 Å². The summed E-state index contributed by atoms with van der Waals surface area (Å²) >= 11 is 0. The van der Waals surface area contributed by atoms with Crippen LogP contribution in [0.2, 0.25) is 0 Å². The minimum Gasteiger partial charge on any atom is -0.465 e. The zero-order valence-electron chi connectivity index (χ0n) is 21.5. The van der Waals surface area contributed by atoms with Crippen molar-refractivity contribution in [3.8, 4) is 11.3 Å². The number of carbonyl (C=O) groups is 3. The highest BCUT2D eigenvalue weighted by Gasteiger charge is 2.34. The van der Waals surface area contributed by atoms with Crippen LogP contribution in [0.5, 0.6) is 0 Å². The Labute approximate surface area is 224 Å². The van der Waals surface area contributed by atoms with Crippen molar-refractivity contribution in [1.82, 2.24) is 10.1 Å². The minimum atomic E-state index is -0.428. The predicted octanol–water partition coefficient (Wildman–Crippen LogP) is 4.85. The van der Waals surface area contributed by atoms with Gasteiger partial charge in [-0.25, -0.2) is 9.59 Å². The largest absolute Gasteiger partial charge is 0.465 e. The fourth-order valence-corrected chi connectivity index (χ4v) is 5.19. The Morgan fingerprint density at radius 2 is 1.74 bits per heavy atom. The van der Waals surface area contributed by atoms with Crippen molar-refractivity contribution >= 4 is 45.8 Å². The van der Waals surface area contributed by atoms with E-state index in [2.05, 4.69) is 15.4 Å². The number of rotatable bonds is 5. The lowest BCUT2D eigenvalue weighted by molar-refractivity contribution is 0.0600. The van der Waals surface area contributed by atoms with Gasteiger partial charge in [-0.2, -0.15) is 0 Å². The predicted molar refractivity (Wildman–Crippen MR) is 145 cm³/mol. The molecule has 3 aromatic carbocycles. The molecule has 0 saturated carbocycles. The number of amides is 1. The number of esters is 1. The van der Waals surface area contributed by atoms with Crippen LogP contribution < -0.4 is 10.2 Å². The lowest BCUT2D eigenvalue weighted by atomic mass is 9.86. The summed E-state index contributed by atoms with van der Waals surface area (Å²) in [4.78, 5) is 41.7. The van der Waals surface area contributed by atoms with Gasteiger partial charge in [0.25, 0.3) is 0 Å². The third kappa shape index (κ3) is 4.14. The van der Waals surface area contributed by atoms with Crippen LogP contribution in [-0.4, -0.2) is 67.8 Å². The third-order valence-corrected chi connectivity index (χ3v) is 7.11. The Kier molecular flexibility index (Phi) is 6.14. The van der Waals surface area contributed by atoms with Crippen LogP contribution in [0.1, 0.15) is 33.2 Å². The molecule has 1 aliphatic carbocycles. The molecule has 1 aliphatic heterocycles. The number of hydrogen-bond acceptors (Lipinski definition) is 9. The number of piperazine rings is 1. The summed E-state index contributed by atoms with van der Waals surface area (Å²) in [6, 6.07) is 16.1. The van der Waals surface area contributed by atoms with E-state index < -0.39 is 5.97 Å².